The van der Waals surface area contributed by atoms with Crippen LogP contribution in [0, 0.1) is 5.92 Å². The molecule has 122 valence electrons. The molecule has 1 aliphatic heterocycles. The number of piperidine rings is 1. The Morgan fingerprint density at radius 1 is 1.41 bits per heavy atom. The maximum Gasteiger partial charge on any atom is 0.410 e. The van der Waals surface area contributed by atoms with Gasteiger partial charge >= 0.3 is 6.09 Å². The Balaban J connectivity index is 1.82. The second kappa shape index (κ2) is 7.13. The molecule has 1 aromatic rings. The lowest BCUT2D eigenvalue weighted by Crippen LogP contribution is -2.44. The first-order valence-electron chi connectivity index (χ1n) is 7.43. The number of aromatic nitrogens is 2. The Morgan fingerprint density at radius 3 is 2.82 bits per heavy atom. The zero-order valence-electron chi connectivity index (χ0n) is 13.2. The summed E-state index contributed by atoms with van der Waals surface area (Å²) in [5, 5.41) is 7.92. The summed E-state index contributed by atoms with van der Waals surface area (Å²) in [7, 11) is 0. The molecule has 0 N–H and O–H groups in total. The molecule has 1 fully saturated rings. The number of ether oxygens (including phenoxy) is 2. The number of halogens is 1. The third-order valence-electron chi connectivity index (χ3n) is 3.25. The Labute approximate surface area is 135 Å². The maximum absolute atomic E-state index is 12.1. The SMILES string of the molecule is CC(C)(C)OC(=O)N1CCC[C@H](COc2ccc(Cl)nn2)C1. The average molecular weight is 328 g/mol. The van der Waals surface area contributed by atoms with Crippen LogP contribution in [0.3, 0.4) is 0 Å². The van der Waals surface area contributed by atoms with Crippen LogP contribution in [0.25, 0.3) is 0 Å². The Morgan fingerprint density at radius 2 is 2.18 bits per heavy atom. The summed E-state index contributed by atoms with van der Waals surface area (Å²) in [6.45, 7) is 7.47. The summed E-state index contributed by atoms with van der Waals surface area (Å²) in [5.41, 5.74) is -0.473. The topological polar surface area (TPSA) is 64.5 Å². The monoisotopic (exact) mass is 327 g/mol. The van der Waals surface area contributed by atoms with Crippen molar-refractivity contribution in [2.45, 2.75) is 39.2 Å². The van der Waals surface area contributed by atoms with E-state index in [1.165, 1.54) is 0 Å². The van der Waals surface area contributed by atoms with Crippen molar-refractivity contribution in [3.63, 3.8) is 0 Å². The molecule has 0 aliphatic carbocycles. The van der Waals surface area contributed by atoms with E-state index in [0.717, 1.165) is 19.4 Å². The van der Waals surface area contributed by atoms with Crippen LogP contribution in [0.15, 0.2) is 12.1 Å². The van der Waals surface area contributed by atoms with Gasteiger partial charge in [-0.2, -0.15) is 0 Å². The summed E-state index contributed by atoms with van der Waals surface area (Å²) >= 11 is 5.68. The number of rotatable bonds is 3. The fraction of sp³-hybridized carbons (Fsp3) is 0.667. The standard InChI is InChI=1S/C15H22ClN3O3/c1-15(2,3)22-14(20)19-8-4-5-11(9-19)10-21-13-7-6-12(16)17-18-13/h6-7,11H,4-5,8-10H2,1-3H3/t11-/m0/s1. The van der Waals surface area contributed by atoms with Gasteiger partial charge in [-0.15, -0.1) is 10.2 Å². The molecular weight excluding hydrogens is 306 g/mol. The van der Waals surface area contributed by atoms with Crippen LogP contribution < -0.4 is 4.74 Å². The Kier molecular flexibility index (Phi) is 5.45. The highest BCUT2D eigenvalue weighted by Gasteiger charge is 2.27. The second-order valence-electron chi connectivity index (χ2n) is 6.44. The van der Waals surface area contributed by atoms with Gasteiger partial charge in [0.2, 0.25) is 5.88 Å². The van der Waals surface area contributed by atoms with Crippen molar-refractivity contribution in [2.24, 2.45) is 5.92 Å². The number of hydrogen-bond acceptors (Lipinski definition) is 5. The van der Waals surface area contributed by atoms with Gasteiger partial charge in [0.05, 0.1) is 6.61 Å². The Bertz CT molecular complexity index is 502. The van der Waals surface area contributed by atoms with E-state index in [2.05, 4.69) is 10.2 Å². The number of likely N-dealkylation sites (tertiary alicyclic amines) is 1. The van der Waals surface area contributed by atoms with Crippen molar-refractivity contribution in [1.82, 2.24) is 15.1 Å². The average Bonchev–Trinajstić information content (AvgIpc) is 2.45. The van der Waals surface area contributed by atoms with Crippen molar-refractivity contribution in [3.05, 3.63) is 17.3 Å². The highest BCUT2D eigenvalue weighted by Crippen LogP contribution is 2.20. The molecule has 6 nitrogen and oxygen atoms in total. The third kappa shape index (κ3) is 5.33. The fourth-order valence-corrected chi connectivity index (χ4v) is 2.38. The van der Waals surface area contributed by atoms with E-state index in [9.17, 15) is 4.79 Å². The number of carbonyl (C=O) groups excluding carboxylic acids is 1. The van der Waals surface area contributed by atoms with Crippen LogP contribution in [-0.4, -0.2) is 46.5 Å². The van der Waals surface area contributed by atoms with Gasteiger partial charge in [0.15, 0.2) is 5.15 Å². The van der Waals surface area contributed by atoms with Crippen LogP contribution in [0.1, 0.15) is 33.6 Å². The van der Waals surface area contributed by atoms with Crippen LogP contribution >= 0.6 is 11.6 Å². The molecule has 2 rings (SSSR count). The van der Waals surface area contributed by atoms with Crippen LogP contribution in [-0.2, 0) is 4.74 Å². The quantitative estimate of drug-likeness (QED) is 0.853. The van der Waals surface area contributed by atoms with E-state index in [-0.39, 0.29) is 12.0 Å². The van der Waals surface area contributed by atoms with Gasteiger partial charge in [-0.05, 0) is 39.7 Å². The fourth-order valence-electron chi connectivity index (χ4n) is 2.28. The lowest BCUT2D eigenvalue weighted by molar-refractivity contribution is 0.0138. The largest absolute Gasteiger partial charge is 0.476 e. The summed E-state index contributed by atoms with van der Waals surface area (Å²) < 4.78 is 11.0. The molecule has 7 heteroatoms. The predicted molar refractivity (Wildman–Crippen MR) is 83.1 cm³/mol. The van der Waals surface area contributed by atoms with E-state index >= 15 is 0 Å². The van der Waals surface area contributed by atoms with Crippen molar-refractivity contribution in [2.75, 3.05) is 19.7 Å². The van der Waals surface area contributed by atoms with E-state index in [4.69, 9.17) is 21.1 Å². The van der Waals surface area contributed by atoms with E-state index in [1.54, 1.807) is 17.0 Å². The first-order chi connectivity index (χ1) is 10.3. The minimum atomic E-state index is -0.473. The molecule has 1 saturated heterocycles. The number of hydrogen-bond donors (Lipinski definition) is 0. The molecule has 1 amide bonds. The molecule has 1 aliphatic rings. The molecule has 22 heavy (non-hydrogen) atoms. The van der Waals surface area contributed by atoms with Gasteiger partial charge in [-0.3, -0.25) is 0 Å². The molecular formula is C15H22ClN3O3. The molecule has 0 aromatic carbocycles. The van der Waals surface area contributed by atoms with Gasteiger partial charge in [-0.1, -0.05) is 11.6 Å². The van der Waals surface area contributed by atoms with Gasteiger partial charge in [0, 0.05) is 25.1 Å². The minimum absolute atomic E-state index is 0.261. The van der Waals surface area contributed by atoms with Crippen LogP contribution in [0.5, 0.6) is 5.88 Å². The predicted octanol–water partition coefficient (Wildman–Crippen LogP) is 3.16. The minimum Gasteiger partial charge on any atom is -0.476 e. The van der Waals surface area contributed by atoms with E-state index in [0.29, 0.717) is 24.2 Å². The van der Waals surface area contributed by atoms with Gasteiger partial charge < -0.3 is 14.4 Å². The molecule has 0 unspecified atom stereocenters. The highest BCUT2D eigenvalue weighted by molar-refractivity contribution is 6.29. The normalized spacial score (nSPS) is 18.9. The summed E-state index contributed by atoms with van der Waals surface area (Å²) in [6.07, 6.45) is 1.70. The van der Waals surface area contributed by atoms with Crippen molar-refractivity contribution in [3.8, 4) is 5.88 Å². The van der Waals surface area contributed by atoms with Crippen molar-refractivity contribution < 1.29 is 14.3 Å². The summed E-state index contributed by atoms with van der Waals surface area (Å²) in [5.74, 6) is 0.706. The molecule has 0 bridgehead atoms. The first kappa shape index (κ1) is 16.8. The van der Waals surface area contributed by atoms with Gasteiger partial charge in [0.1, 0.15) is 5.60 Å². The van der Waals surface area contributed by atoms with Crippen LogP contribution in [0.4, 0.5) is 4.79 Å². The number of carbonyl (C=O) groups is 1. The summed E-state index contributed by atoms with van der Waals surface area (Å²) in [4.78, 5) is 13.8. The maximum atomic E-state index is 12.1. The first-order valence-corrected chi connectivity index (χ1v) is 7.81. The highest BCUT2D eigenvalue weighted by atomic mass is 35.5. The zero-order chi connectivity index (χ0) is 16.2. The molecule has 0 spiro atoms. The Hall–Kier alpha value is -1.56. The lowest BCUT2D eigenvalue weighted by Gasteiger charge is -2.33. The smallest absolute Gasteiger partial charge is 0.410 e. The molecule has 2 heterocycles. The zero-order valence-corrected chi connectivity index (χ0v) is 14.0. The number of amides is 1. The molecule has 0 saturated carbocycles. The molecule has 0 radical (unpaired) electrons. The molecule has 1 atom stereocenters. The van der Waals surface area contributed by atoms with Crippen molar-refractivity contribution in [1.29, 1.82) is 0 Å². The second-order valence-corrected chi connectivity index (χ2v) is 6.83. The van der Waals surface area contributed by atoms with E-state index in [1.807, 2.05) is 20.8 Å². The molecule has 1 aromatic heterocycles. The summed E-state index contributed by atoms with van der Waals surface area (Å²) in [6, 6.07) is 3.32. The lowest BCUT2D eigenvalue weighted by atomic mass is 9.99. The van der Waals surface area contributed by atoms with E-state index < -0.39 is 5.60 Å². The number of nitrogens with zero attached hydrogens (tertiary/aromatic N) is 3. The third-order valence-corrected chi connectivity index (χ3v) is 3.45. The van der Waals surface area contributed by atoms with Gasteiger partial charge in [0.25, 0.3) is 0 Å². The van der Waals surface area contributed by atoms with Crippen molar-refractivity contribution >= 4 is 17.7 Å². The van der Waals surface area contributed by atoms with Crippen LogP contribution in [0.2, 0.25) is 5.15 Å². The van der Waals surface area contributed by atoms with Gasteiger partial charge in [-0.25, -0.2) is 4.79 Å².